The highest BCUT2D eigenvalue weighted by Crippen LogP contribution is 2.10. The molecule has 0 aliphatic carbocycles. The molecule has 0 aliphatic heterocycles. The van der Waals surface area contributed by atoms with Crippen LogP contribution in [0.3, 0.4) is 0 Å². The summed E-state index contributed by atoms with van der Waals surface area (Å²) in [5, 5.41) is 2.43. The first-order valence-electron chi connectivity index (χ1n) is 8.43. The van der Waals surface area contributed by atoms with Crippen LogP contribution in [-0.4, -0.2) is 56.7 Å². The van der Waals surface area contributed by atoms with Crippen molar-refractivity contribution in [2.75, 3.05) is 33.0 Å². The largest absolute Gasteiger partial charge is 0.460 e. The second-order valence-corrected chi connectivity index (χ2v) is 6.34. The lowest BCUT2D eigenvalue weighted by atomic mass is 10.1. The molecule has 0 saturated carbocycles. The van der Waals surface area contributed by atoms with Gasteiger partial charge < -0.3 is 24.3 Å². The molecule has 0 saturated heterocycles. The van der Waals surface area contributed by atoms with E-state index in [9.17, 15) is 14.4 Å². The number of amides is 1. The fraction of sp³-hybridized carbons (Fsp3) is 0.824. The number of rotatable bonds is 14. The smallest absolute Gasteiger partial charge is 0.306 e. The second kappa shape index (κ2) is 13.9. The minimum absolute atomic E-state index is 0.0376. The zero-order valence-corrected chi connectivity index (χ0v) is 15.1. The van der Waals surface area contributed by atoms with Crippen molar-refractivity contribution in [1.29, 1.82) is 0 Å². The zero-order chi connectivity index (χ0) is 18.3. The van der Waals surface area contributed by atoms with Crippen molar-refractivity contribution in [3.63, 3.8) is 0 Å². The molecule has 0 rings (SSSR count). The topological polar surface area (TPSA) is 90.9 Å². The van der Waals surface area contributed by atoms with E-state index in [1.807, 2.05) is 20.8 Å². The summed E-state index contributed by atoms with van der Waals surface area (Å²) >= 11 is 0. The van der Waals surface area contributed by atoms with Gasteiger partial charge in [0.15, 0.2) is 0 Å². The van der Waals surface area contributed by atoms with E-state index in [2.05, 4.69) is 5.32 Å². The van der Waals surface area contributed by atoms with E-state index in [1.54, 1.807) is 0 Å². The highest BCUT2D eigenvalue weighted by atomic mass is 16.6. The summed E-state index contributed by atoms with van der Waals surface area (Å²) in [5.41, 5.74) is -0.421. The SMILES string of the molecule is CC(C)(C)OC(=O)CCCCCOCCOCCC(=O)NCC=O. The highest BCUT2D eigenvalue weighted by molar-refractivity contribution is 5.78. The molecule has 0 heterocycles. The summed E-state index contributed by atoms with van der Waals surface area (Å²) in [4.78, 5) is 32.7. The number of hydrogen-bond acceptors (Lipinski definition) is 6. The maximum Gasteiger partial charge on any atom is 0.306 e. The monoisotopic (exact) mass is 345 g/mol. The Morgan fingerprint density at radius 2 is 1.58 bits per heavy atom. The van der Waals surface area contributed by atoms with Crippen molar-refractivity contribution >= 4 is 18.2 Å². The normalized spacial score (nSPS) is 11.1. The Hall–Kier alpha value is -1.47. The van der Waals surface area contributed by atoms with Crippen LogP contribution in [0.2, 0.25) is 0 Å². The summed E-state index contributed by atoms with van der Waals surface area (Å²) in [5.74, 6) is -0.359. The number of nitrogens with one attached hydrogen (secondary N) is 1. The van der Waals surface area contributed by atoms with Crippen molar-refractivity contribution in [3.8, 4) is 0 Å². The lowest BCUT2D eigenvalue weighted by molar-refractivity contribution is -0.155. The standard InChI is InChI=1S/C17H31NO6/c1-17(2,3)24-16(21)7-5-4-6-11-22-13-14-23-12-8-15(20)18-9-10-19/h10H,4-9,11-14H2,1-3H3,(H,18,20). The van der Waals surface area contributed by atoms with Gasteiger partial charge in [-0.3, -0.25) is 9.59 Å². The number of unbranched alkanes of at least 4 members (excludes halogenated alkanes) is 2. The number of ether oxygens (including phenoxy) is 3. The number of hydrogen-bond donors (Lipinski definition) is 1. The van der Waals surface area contributed by atoms with Gasteiger partial charge in [-0.15, -0.1) is 0 Å². The average molecular weight is 345 g/mol. The van der Waals surface area contributed by atoms with Crippen molar-refractivity contribution in [1.82, 2.24) is 5.32 Å². The maximum absolute atomic E-state index is 11.5. The molecule has 0 aromatic heterocycles. The second-order valence-electron chi connectivity index (χ2n) is 6.34. The van der Waals surface area contributed by atoms with Gasteiger partial charge in [-0.2, -0.15) is 0 Å². The fourth-order valence-corrected chi connectivity index (χ4v) is 1.77. The van der Waals surface area contributed by atoms with E-state index < -0.39 is 5.60 Å². The minimum Gasteiger partial charge on any atom is -0.460 e. The Morgan fingerprint density at radius 3 is 2.21 bits per heavy atom. The van der Waals surface area contributed by atoms with Crippen molar-refractivity contribution in [3.05, 3.63) is 0 Å². The number of aldehydes is 1. The third kappa shape index (κ3) is 16.9. The summed E-state index contributed by atoms with van der Waals surface area (Å²) in [7, 11) is 0. The zero-order valence-electron chi connectivity index (χ0n) is 15.1. The molecule has 0 spiro atoms. The van der Waals surface area contributed by atoms with Gasteiger partial charge in [-0.1, -0.05) is 6.42 Å². The molecular weight excluding hydrogens is 314 g/mol. The molecule has 24 heavy (non-hydrogen) atoms. The van der Waals surface area contributed by atoms with Crippen LogP contribution in [0, 0.1) is 0 Å². The molecule has 0 unspecified atom stereocenters. The lowest BCUT2D eigenvalue weighted by Crippen LogP contribution is -2.26. The van der Waals surface area contributed by atoms with Gasteiger partial charge >= 0.3 is 5.97 Å². The van der Waals surface area contributed by atoms with Gasteiger partial charge in [0, 0.05) is 19.4 Å². The summed E-state index contributed by atoms with van der Waals surface area (Å²) in [6.07, 6.45) is 3.91. The van der Waals surface area contributed by atoms with Crippen LogP contribution in [0.15, 0.2) is 0 Å². The maximum atomic E-state index is 11.5. The van der Waals surface area contributed by atoms with Crippen LogP contribution in [0.4, 0.5) is 0 Å². The van der Waals surface area contributed by atoms with Crippen LogP contribution in [0.25, 0.3) is 0 Å². The Morgan fingerprint density at radius 1 is 0.917 bits per heavy atom. The summed E-state index contributed by atoms with van der Waals surface area (Å²) < 4.78 is 15.9. The van der Waals surface area contributed by atoms with Gasteiger partial charge in [0.25, 0.3) is 0 Å². The molecule has 0 bridgehead atoms. The molecule has 0 fully saturated rings. The third-order valence-corrected chi connectivity index (χ3v) is 2.82. The van der Waals surface area contributed by atoms with Crippen molar-refractivity contribution in [2.45, 2.75) is 58.5 Å². The third-order valence-electron chi connectivity index (χ3n) is 2.82. The molecule has 0 aromatic rings. The van der Waals surface area contributed by atoms with Gasteiger partial charge in [0.2, 0.25) is 5.91 Å². The lowest BCUT2D eigenvalue weighted by Gasteiger charge is -2.19. The average Bonchev–Trinajstić information content (AvgIpc) is 2.48. The molecule has 1 amide bonds. The molecule has 1 N–H and O–H groups in total. The number of carbonyl (C=O) groups excluding carboxylic acids is 3. The van der Waals surface area contributed by atoms with Crippen LogP contribution >= 0.6 is 0 Å². The van der Waals surface area contributed by atoms with Gasteiger partial charge in [-0.25, -0.2) is 0 Å². The first-order chi connectivity index (χ1) is 11.3. The van der Waals surface area contributed by atoms with E-state index in [1.165, 1.54) is 0 Å². The first-order valence-corrected chi connectivity index (χ1v) is 8.43. The van der Waals surface area contributed by atoms with Gasteiger partial charge in [0.1, 0.15) is 11.9 Å². The van der Waals surface area contributed by atoms with Crippen LogP contribution in [-0.2, 0) is 28.6 Å². The molecular formula is C17H31NO6. The first kappa shape index (κ1) is 22.5. The number of carbonyl (C=O) groups is 3. The highest BCUT2D eigenvalue weighted by Gasteiger charge is 2.15. The van der Waals surface area contributed by atoms with Crippen molar-refractivity contribution in [2.24, 2.45) is 0 Å². The Bertz CT molecular complexity index is 365. The predicted octanol–water partition coefficient (Wildman–Crippen LogP) is 1.63. The van der Waals surface area contributed by atoms with Crippen LogP contribution in [0.5, 0.6) is 0 Å². The Kier molecular flexibility index (Phi) is 13.1. The van der Waals surface area contributed by atoms with Gasteiger partial charge in [0.05, 0.1) is 26.4 Å². The van der Waals surface area contributed by atoms with Crippen LogP contribution < -0.4 is 5.32 Å². The number of esters is 1. The van der Waals surface area contributed by atoms with E-state index in [-0.39, 0.29) is 24.8 Å². The minimum atomic E-state index is -0.421. The molecule has 7 nitrogen and oxygen atoms in total. The molecule has 140 valence electrons. The van der Waals surface area contributed by atoms with Crippen LogP contribution in [0.1, 0.15) is 52.9 Å². The van der Waals surface area contributed by atoms with E-state index in [4.69, 9.17) is 14.2 Å². The van der Waals surface area contributed by atoms with Gasteiger partial charge in [-0.05, 0) is 33.6 Å². The van der Waals surface area contributed by atoms with E-state index >= 15 is 0 Å². The van der Waals surface area contributed by atoms with E-state index in [0.717, 1.165) is 19.3 Å². The van der Waals surface area contributed by atoms with E-state index in [0.29, 0.717) is 39.1 Å². The molecule has 0 atom stereocenters. The summed E-state index contributed by atoms with van der Waals surface area (Å²) in [6.45, 7) is 7.45. The summed E-state index contributed by atoms with van der Waals surface area (Å²) in [6, 6.07) is 0. The molecule has 0 aliphatic rings. The quantitative estimate of drug-likeness (QED) is 0.292. The molecule has 0 aromatic carbocycles. The molecule has 7 heteroatoms. The fourth-order valence-electron chi connectivity index (χ4n) is 1.77. The Balaban J connectivity index is 3.27. The molecule has 0 radical (unpaired) electrons. The Labute approximate surface area is 144 Å². The van der Waals surface area contributed by atoms with Crippen molar-refractivity contribution < 1.29 is 28.6 Å². The predicted molar refractivity (Wildman–Crippen MR) is 89.6 cm³/mol.